The average Bonchev–Trinajstić information content (AvgIpc) is 2.87. The Hall–Kier alpha value is -1.76. The summed E-state index contributed by atoms with van der Waals surface area (Å²) in [4.78, 5) is 17.0. The summed E-state index contributed by atoms with van der Waals surface area (Å²) in [6.45, 7) is 1.23. The average molecular weight is 305 g/mol. The first kappa shape index (κ1) is 15.6. The maximum Gasteiger partial charge on any atom is 0.317 e. The monoisotopic (exact) mass is 305 g/mol. The summed E-state index contributed by atoms with van der Waals surface area (Å²) >= 11 is 1.61. The van der Waals surface area contributed by atoms with E-state index < -0.39 is 5.97 Å². The van der Waals surface area contributed by atoms with Gasteiger partial charge >= 0.3 is 5.97 Å². The number of likely N-dealkylation sites (N-methyl/N-ethyl adjacent to an activating group) is 1. The van der Waals surface area contributed by atoms with E-state index in [0.29, 0.717) is 13.1 Å². The lowest BCUT2D eigenvalue weighted by Gasteiger charge is -2.14. The van der Waals surface area contributed by atoms with Gasteiger partial charge in [0.25, 0.3) is 0 Å². The quantitative estimate of drug-likeness (QED) is 0.816. The number of aliphatic carboxylic acids is 1. The van der Waals surface area contributed by atoms with Gasteiger partial charge in [0.1, 0.15) is 5.01 Å². The second-order valence-corrected chi connectivity index (χ2v) is 5.81. The van der Waals surface area contributed by atoms with E-state index in [2.05, 4.69) is 11.1 Å². The first-order chi connectivity index (χ1) is 10.1. The van der Waals surface area contributed by atoms with Crippen molar-refractivity contribution in [1.82, 2.24) is 9.88 Å². The van der Waals surface area contributed by atoms with Crippen molar-refractivity contribution < 1.29 is 9.90 Å². The third-order valence-corrected chi connectivity index (χ3v) is 3.92. The molecular formula is C15H19N3O2S. The van der Waals surface area contributed by atoms with Crippen LogP contribution in [0.3, 0.4) is 0 Å². The number of nitrogens with zero attached hydrogens (tertiary/aromatic N) is 2. The van der Waals surface area contributed by atoms with Crippen LogP contribution in [0.2, 0.25) is 0 Å². The molecule has 1 aromatic heterocycles. The minimum absolute atomic E-state index is 0.0299. The molecule has 21 heavy (non-hydrogen) atoms. The van der Waals surface area contributed by atoms with Crippen LogP contribution in [0.25, 0.3) is 10.6 Å². The molecule has 1 aromatic carbocycles. The topological polar surface area (TPSA) is 79.5 Å². The molecule has 0 fully saturated rings. The Morgan fingerprint density at radius 1 is 1.48 bits per heavy atom. The summed E-state index contributed by atoms with van der Waals surface area (Å²) in [5.74, 6) is -0.819. The van der Waals surface area contributed by atoms with Gasteiger partial charge in [-0.25, -0.2) is 4.98 Å². The summed E-state index contributed by atoms with van der Waals surface area (Å²) in [6.07, 6.45) is 0.789. The molecule has 0 spiro atoms. The summed E-state index contributed by atoms with van der Waals surface area (Å²) in [5.41, 5.74) is 8.69. The SMILES string of the molecule is CN(CC(=O)O)Cc1cccc(-c2nc(CCN)cs2)c1. The Morgan fingerprint density at radius 2 is 2.29 bits per heavy atom. The highest BCUT2D eigenvalue weighted by Gasteiger charge is 2.08. The zero-order valence-corrected chi connectivity index (χ0v) is 12.8. The van der Waals surface area contributed by atoms with Gasteiger partial charge in [-0.2, -0.15) is 0 Å². The van der Waals surface area contributed by atoms with Crippen LogP contribution < -0.4 is 5.73 Å². The predicted octanol–water partition coefficient (Wildman–Crippen LogP) is 1.83. The molecule has 0 amide bonds. The Morgan fingerprint density at radius 3 is 3.00 bits per heavy atom. The van der Waals surface area contributed by atoms with Crippen molar-refractivity contribution in [3.8, 4) is 10.6 Å². The fraction of sp³-hybridized carbons (Fsp3) is 0.333. The molecule has 0 bridgehead atoms. The molecule has 3 N–H and O–H groups in total. The molecule has 5 nitrogen and oxygen atoms in total. The minimum atomic E-state index is -0.819. The van der Waals surface area contributed by atoms with Crippen molar-refractivity contribution in [2.75, 3.05) is 20.1 Å². The van der Waals surface area contributed by atoms with Gasteiger partial charge in [-0.3, -0.25) is 9.69 Å². The van der Waals surface area contributed by atoms with Crippen LogP contribution in [0.5, 0.6) is 0 Å². The molecule has 0 saturated heterocycles. The second kappa shape index (κ2) is 7.31. The molecule has 0 atom stereocenters. The van der Waals surface area contributed by atoms with Crippen LogP contribution in [0.1, 0.15) is 11.3 Å². The third kappa shape index (κ3) is 4.63. The molecule has 0 aliphatic rings. The molecule has 112 valence electrons. The molecule has 0 saturated carbocycles. The number of thiazole rings is 1. The normalized spacial score (nSPS) is 11.0. The van der Waals surface area contributed by atoms with E-state index in [1.807, 2.05) is 23.6 Å². The van der Waals surface area contributed by atoms with Crippen LogP contribution in [-0.2, 0) is 17.8 Å². The Labute approximate surface area is 128 Å². The fourth-order valence-electron chi connectivity index (χ4n) is 2.10. The lowest BCUT2D eigenvalue weighted by atomic mass is 10.1. The second-order valence-electron chi connectivity index (χ2n) is 4.95. The highest BCUT2D eigenvalue weighted by atomic mass is 32.1. The smallest absolute Gasteiger partial charge is 0.317 e. The van der Waals surface area contributed by atoms with Crippen LogP contribution in [-0.4, -0.2) is 41.1 Å². The van der Waals surface area contributed by atoms with Gasteiger partial charge in [0.15, 0.2) is 0 Å². The number of carbonyl (C=O) groups is 1. The molecule has 0 aliphatic heterocycles. The van der Waals surface area contributed by atoms with Gasteiger partial charge < -0.3 is 10.8 Å². The minimum Gasteiger partial charge on any atom is -0.480 e. The Balaban J connectivity index is 2.11. The van der Waals surface area contributed by atoms with Crippen LogP contribution in [0.4, 0.5) is 0 Å². The molecule has 0 radical (unpaired) electrons. The molecule has 2 rings (SSSR count). The van der Waals surface area contributed by atoms with E-state index in [-0.39, 0.29) is 6.54 Å². The lowest BCUT2D eigenvalue weighted by Crippen LogP contribution is -2.25. The fourth-order valence-corrected chi connectivity index (χ4v) is 2.95. The number of carboxylic acid groups (broad SMARTS) is 1. The first-order valence-corrected chi connectivity index (χ1v) is 7.60. The number of benzene rings is 1. The van der Waals surface area contributed by atoms with E-state index in [4.69, 9.17) is 10.8 Å². The molecule has 6 heteroatoms. The summed E-state index contributed by atoms with van der Waals surface area (Å²) < 4.78 is 0. The van der Waals surface area contributed by atoms with Gasteiger partial charge in [0.2, 0.25) is 0 Å². The summed E-state index contributed by atoms with van der Waals surface area (Å²) in [5, 5.41) is 11.8. The highest BCUT2D eigenvalue weighted by Crippen LogP contribution is 2.25. The number of aromatic nitrogens is 1. The van der Waals surface area contributed by atoms with Gasteiger partial charge in [-0.1, -0.05) is 18.2 Å². The van der Waals surface area contributed by atoms with E-state index >= 15 is 0 Å². The number of hydrogen-bond donors (Lipinski definition) is 2. The Bertz CT molecular complexity index is 612. The highest BCUT2D eigenvalue weighted by molar-refractivity contribution is 7.13. The standard InChI is InChI=1S/C15H19N3O2S/c1-18(9-14(19)20)8-11-3-2-4-12(7-11)15-17-13(5-6-16)10-21-15/h2-4,7,10H,5-6,8-9,16H2,1H3,(H,19,20). The Kier molecular flexibility index (Phi) is 5.44. The third-order valence-electron chi connectivity index (χ3n) is 2.98. The molecular weight excluding hydrogens is 286 g/mol. The lowest BCUT2D eigenvalue weighted by molar-refractivity contribution is -0.138. The number of rotatable bonds is 7. The van der Waals surface area contributed by atoms with Gasteiger partial charge in [0.05, 0.1) is 12.2 Å². The van der Waals surface area contributed by atoms with E-state index in [0.717, 1.165) is 28.2 Å². The van der Waals surface area contributed by atoms with Crippen molar-refractivity contribution in [2.45, 2.75) is 13.0 Å². The summed E-state index contributed by atoms with van der Waals surface area (Å²) in [6, 6.07) is 8.05. The maximum absolute atomic E-state index is 10.7. The van der Waals surface area contributed by atoms with Crippen molar-refractivity contribution in [2.24, 2.45) is 5.73 Å². The van der Waals surface area contributed by atoms with Crippen LogP contribution >= 0.6 is 11.3 Å². The van der Waals surface area contributed by atoms with Crippen molar-refractivity contribution >= 4 is 17.3 Å². The van der Waals surface area contributed by atoms with Crippen LogP contribution in [0.15, 0.2) is 29.6 Å². The van der Waals surface area contributed by atoms with Gasteiger partial charge in [-0.15, -0.1) is 11.3 Å². The number of hydrogen-bond acceptors (Lipinski definition) is 5. The summed E-state index contributed by atoms with van der Waals surface area (Å²) in [7, 11) is 1.80. The number of carboxylic acids is 1. The van der Waals surface area contributed by atoms with E-state index in [9.17, 15) is 4.79 Å². The van der Waals surface area contributed by atoms with Gasteiger partial charge in [0, 0.05) is 23.9 Å². The maximum atomic E-state index is 10.7. The first-order valence-electron chi connectivity index (χ1n) is 6.72. The van der Waals surface area contributed by atoms with Crippen molar-refractivity contribution in [3.05, 3.63) is 40.9 Å². The van der Waals surface area contributed by atoms with E-state index in [1.165, 1.54) is 0 Å². The van der Waals surface area contributed by atoms with Crippen molar-refractivity contribution in [1.29, 1.82) is 0 Å². The molecule has 1 heterocycles. The van der Waals surface area contributed by atoms with Crippen molar-refractivity contribution in [3.63, 3.8) is 0 Å². The zero-order chi connectivity index (χ0) is 15.2. The molecule has 0 unspecified atom stereocenters. The largest absolute Gasteiger partial charge is 0.480 e. The predicted molar refractivity (Wildman–Crippen MR) is 84.3 cm³/mol. The molecule has 2 aromatic rings. The number of nitrogens with two attached hydrogens (primary N) is 1. The molecule has 0 aliphatic carbocycles. The van der Waals surface area contributed by atoms with Gasteiger partial charge in [-0.05, 0) is 25.2 Å². The van der Waals surface area contributed by atoms with Crippen LogP contribution in [0, 0.1) is 0 Å². The van der Waals surface area contributed by atoms with E-state index in [1.54, 1.807) is 23.3 Å². The zero-order valence-electron chi connectivity index (χ0n) is 12.0.